The molecule has 4 atom stereocenters. The number of hydrogen-bond donors (Lipinski definition) is 1. The highest BCUT2D eigenvalue weighted by Crippen LogP contribution is 2.49. The van der Waals surface area contributed by atoms with Gasteiger partial charge in [-0.15, -0.1) is 11.8 Å². The largest absolute Gasteiger partial charge is 0.382 e. The highest BCUT2D eigenvalue weighted by molar-refractivity contribution is 8.00. The highest BCUT2D eigenvalue weighted by atomic mass is 32.2. The van der Waals surface area contributed by atoms with Crippen molar-refractivity contribution in [2.75, 3.05) is 18.6 Å². The van der Waals surface area contributed by atoms with Gasteiger partial charge in [0.05, 0.1) is 24.4 Å². The zero-order valence-corrected chi connectivity index (χ0v) is 16.0. The van der Waals surface area contributed by atoms with Gasteiger partial charge >= 0.3 is 0 Å². The van der Waals surface area contributed by atoms with Gasteiger partial charge in [0.1, 0.15) is 29.4 Å². The minimum atomic E-state index is -3.71. The molecule has 0 amide bonds. The van der Waals surface area contributed by atoms with Crippen LogP contribution >= 0.6 is 11.8 Å². The van der Waals surface area contributed by atoms with E-state index in [1.54, 1.807) is 24.7 Å². The van der Waals surface area contributed by atoms with E-state index in [-0.39, 0.29) is 11.1 Å². The Kier molecular flexibility index (Phi) is 4.15. The van der Waals surface area contributed by atoms with Crippen molar-refractivity contribution in [2.24, 2.45) is 0 Å². The minimum Gasteiger partial charge on any atom is -0.382 e. The molecule has 2 aromatic rings. The van der Waals surface area contributed by atoms with Gasteiger partial charge < -0.3 is 15.2 Å². The molecule has 2 fully saturated rings. The number of anilines is 1. The van der Waals surface area contributed by atoms with Crippen molar-refractivity contribution in [1.29, 1.82) is 0 Å². The maximum atomic E-state index is 11.9. The molecule has 0 spiro atoms. The summed E-state index contributed by atoms with van der Waals surface area (Å²) < 4.78 is 42.6. The lowest BCUT2D eigenvalue weighted by Gasteiger charge is -2.38. The number of imidazole rings is 1. The van der Waals surface area contributed by atoms with E-state index in [4.69, 9.17) is 19.4 Å². The van der Waals surface area contributed by atoms with Crippen LogP contribution in [0.25, 0.3) is 11.2 Å². The standard InChI is InChI=1S/C14H19N5O5S2/c1-14(2)22-4-7-9(23-14)10(24-26(3,20)21)13(25-7)19-6-18-8-11(15)16-5-17-12(8)19/h5-7,9-10,13H,4H2,1-3H3,(H2,15,16,17)/t7-,9+,10-,13-/m1/s1. The fourth-order valence-electron chi connectivity index (χ4n) is 3.21. The lowest BCUT2D eigenvalue weighted by molar-refractivity contribution is -0.280. The third-order valence-corrected chi connectivity index (χ3v) is 6.35. The van der Waals surface area contributed by atoms with Gasteiger partial charge in [-0.05, 0) is 13.8 Å². The van der Waals surface area contributed by atoms with Crippen LogP contribution in [0.1, 0.15) is 19.2 Å². The number of hydrogen-bond acceptors (Lipinski definition) is 10. The maximum Gasteiger partial charge on any atom is 0.264 e. The summed E-state index contributed by atoms with van der Waals surface area (Å²) in [5, 5.41) is -0.507. The second-order valence-electron chi connectivity index (χ2n) is 6.71. The fraction of sp³-hybridized carbons (Fsp3) is 0.643. The maximum absolute atomic E-state index is 11.9. The summed E-state index contributed by atoms with van der Waals surface area (Å²) in [6.45, 7) is 4.00. The van der Waals surface area contributed by atoms with Gasteiger partial charge in [-0.25, -0.2) is 15.0 Å². The van der Waals surface area contributed by atoms with E-state index in [0.29, 0.717) is 17.8 Å². The summed E-state index contributed by atoms with van der Waals surface area (Å²) in [5.41, 5.74) is 6.82. The highest BCUT2D eigenvalue weighted by Gasteiger charge is 2.53. The summed E-state index contributed by atoms with van der Waals surface area (Å²) in [7, 11) is -3.71. The van der Waals surface area contributed by atoms with E-state index in [0.717, 1.165) is 6.26 Å². The molecule has 4 heterocycles. The van der Waals surface area contributed by atoms with Gasteiger partial charge in [0, 0.05) is 0 Å². The molecule has 0 aliphatic carbocycles. The van der Waals surface area contributed by atoms with Crippen LogP contribution in [-0.2, 0) is 23.8 Å². The van der Waals surface area contributed by atoms with Crippen molar-refractivity contribution in [2.45, 2.75) is 42.5 Å². The zero-order chi connectivity index (χ0) is 18.7. The molecule has 0 radical (unpaired) electrons. The Balaban J connectivity index is 1.77. The molecule has 2 aliphatic heterocycles. The Labute approximate surface area is 154 Å². The average Bonchev–Trinajstić information content (AvgIpc) is 3.08. The molecular weight excluding hydrogens is 382 g/mol. The minimum absolute atomic E-state index is 0.0867. The quantitative estimate of drug-likeness (QED) is 0.726. The van der Waals surface area contributed by atoms with Crippen molar-refractivity contribution in [1.82, 2.24) is 19.5 Å². The van der Waals surface area contributed by atoms with Crippen molar-refractivity contribution in [3.8, 4) is 0 Å². The van der Waals surface area contributed by atoms with Gasteiger partial charge in [-0.3, -0.25) is 8.75 Å². The Hall–Kier alpha value is -1.47. The smallest absolute Gasteiger partial charge is 0.264 e. The molecule has 0 aromatic carbocycles. The van der Waals surface area contributed by atoms with Crippen molar-refractivity contribution in [3.05, 3.63) is 12.7 Å². The Morgan fingerprint density at radius 3 is 2.88 bits per heavy atom. The molecule has 0 saturated carbocycles. The monoisotopic (exact) mass is 401 g/mol. The Morgan fingerprint density at radius 2 is 2.15 bits per heavy atom. The van der Waals surface area contributed by atoms with Crippen LogP contribution in [0.15, 0.2) is 12.7 Å². The third-order valence-electron chi connectivity index (χ3n) is 4.25. The fourth-order valence-corrected chi connectivity index (χ4v) is 5.42. The van der Waals surface area contributed by atoms with Crippen molar-refractivity contribution < 1.29 is 22.1 Å². The summed E-state index contributed by atoms with van der Waals surface area (Å²) in [6, 6.07) is 0. The molecule has 2 aromatic heterocycles. The molecule has 2 N–H and O–H groups in total. The lowest BCUT2D eigenvalue weighted by atomic mass is 10.1. The SMILES string of the molecule is CC1(C)OC[C@H]2S[C@@H](n3cnc4c(N)ncnc43)[C@H](OS(C)(=O)=O)[C@H]2O1. The van der Waals surface area contributed by atoms with E-state index in [1.165, 1.54) is 18.1 Å². The second kappa shape index (κ2) is 6.02. The van der Waals surface area contributed by atoms with Crippen LogP contribution in [0.2, 0.25) is 0 Å². The van der Waals surface area contributed by atoms with Crippen LogP contribution in [0.5, 0.6) is 0 Å². The number of aromatic nitrogens is 4. The number of nitrogen functional groups attached to an aromatic ring is 1. The molecule has 0 bridgehead atoms. The second-order valence-corrected chi connectivity index (χ2v) is 9.67. The number of nitrogens with zero attached hydrogens (tertiary/aromatic N) is 4. The van der Waals surface area contributed by atoms with Gasteiger partial charge in [0.2, 0.25) is 0 Å². The number of rotatable bonds is 3. The Morgan fingerprint density at radius 1 is 1.38 bits per heavy atom. The summed E-state index contributed by atoms with van der Waals surface area (Å²) in [5.74, 6) is -0.560. The number of ether oxygens (including phenoxy) is 2. The van der Waals surface area contributed by atoms with Crippen LogP contribution in [-0.4, -0.2) is 64.0 Å². The topological polar surface area (TPSA) is 131 Å². The molecule has 0 unspecified atom stereocenters. The number of fused-ring (bicyclic) bond motifs is 2. The predicted octanol–water partition coefficient (Wildman–Crippen LogP) is 0.519. The van der Waals surface area contributed by atoms with E-state index < -0.39 is 33.5 Å². The van der Waals surface area contributed by atoms with Gasteiger partial charge in [0.15, 0.2) is 17.3 Å². The summed E-state index contributed by atoms with van der Waals surface area (Å²) >= 11 is 1.50. The van der Waals surface area contributed by atoms with Gasteiger partial charge in [-0.2, -0.15) is 8.42 Å². The predicted molar refractivity (Wildman–Crippen MR) is 94.8 cm³/mol. The molecule has 26 heavy (non-hydrogen) atoms. The normalized spacial score (nSPS) is 31.2. The molecule has 2 saturated heterocycles. The first-order chi connectivity index (χ1) is 12.1. The van der Waals surface area contributed by atoms with Crippen LogP contribution in [0, 0.1) is 0 Å². The van der Waals surface area contributed by atoms with Crippen molar-refractivity contribution in [3.63, 3.8) is 0 Å². The lowest BCUT2D eigenvalue weighted by Crippen LogP contribution is -2.50. The number of nitrogens with two attached hydrogens (primary N) is 1. The van der Waals surface area contributed by atoms with Crippen molar-refractivity contribution >= 4 is 38.9 Å². The first-order valence-corrected chi connectivity index (χ1v) is 10.7. The van der Waals surface area contributed by atoms with E-state index in [2.05, 4.69) is 15.0 Å². The molecule has 4 rings (SSSR count). The first kappa shape index (κ1) is 17.9. The molecule has 2 aliphatic rings. The molecular formula is C14H19N5O5S2. The summed E-state index contributed by atoms with van der Waals surface area (Å²) in [6.07, 6.45) is 2.72. The molecule has 10 nitrogen and oxygen atoms in total. The van der Waals surface area contributed by atoms with Crippen LogP contribution in [0.3, 0.4) is 0 Å². The third kappa shape index (κ3) is 3.16. The Bertz CT molecular complexity index is 946. The average molecular weight is 401 g/mol. The number of thioether (sulfide) groups is 1. The van der Waals surface area contributed by atoms with Crippen LogP contribution in [0.4, 0.5) is 5.82 Å². The van der Waals surface area contributed by atoms with Gasteiger partial charge in [0.25, 0.3) is 10.1 Å². The summed E-state index contributed by atoms with van der Waals surface area (Å²) in [4.78, 5) is 12.4. The molecule has 142 valence electrons. The van der Waals surface area contributed by atoms with E-state index in [1.807, 2.05) is 0 Å². The van der Waals surface area contributed by atoms with E-state index >= 15 is 0 Å². The van der Waals surface area contributed by atoms with Gasteiger partial charge in [-0.1, -0.05) is 0 Å². The first-order valence-electron chi connectivity index (χ1n) is 7.93. The molecule has 12 heteroatoms. The zero-order valence-electron chi connectivity index (χ0n) is 14.4. The van der Waals surface area contributed by atoms with Crippen LogP contribution < -0.4 is 5.73 Å². The van der Waals surface area contributed by atoms with E-state index in [9.17, 15) is 8.42 Å².